The smallest absolute Gasteiger partial charge is 0.258 e. The van der Waals surface area contributed by atoms with E-state index < -0.39 is 14.9 Å². The van der Waals surface area contributed by atoms with Crippen LogP contribution in [0.1, 0.15) is 25.7 Å². The molecule has 1 saturated carbocycles. The molecule has 2 fully saturated rings. The first kappa shape index (κ1) is 12.6. The van der Waals surface area contributed by atoms with Crippen molar-refractivity contribution in [1.82, 2.24) is 4.31 Å². The minimum atomic E-state index is -3.48. The van der Waals surface area contributed by atoms with Gasteiger partial charge in [-0.15, -0.1) is 0 Å². The fourth-order valence-electron chi connectivity index (χ4n) is 2.87. The van der Waals surface area contributed by atoms with E-state index in [9.17, 15) is 18.5 Å². The summed E-state index contributed by atoms with van der Waals surface area (Å²) in [6.45, 7) is 0. The average Bonchev–Trinajstić information content (AvgIpc) is 3.13. The monoisotopic (exact) mass is 282 g/mol. The molecule has 102 valence electrons. The molecule has 1 aromatic rings. The van der Waals surface area contributed by atoms with Crippen LogP contribution >= 0.6 is 0 Å². The van der Waals surface area contributed by atoms with E-state index in [1.807, 2.05) is 0 Å². The van der Waals surface area contributed by atoms with Crippen molar-refractivity contribution >= 4 is 15.7 Å². The predicted octanol–water partition coefficient (Wildman–Crippen LogP) is 1.91. The fourth-order valence-corrected chi connectivity index (χ4v) is 4.75. The van der Waals surface area contributed by atoms with Gasteiger partial charge in [-0.3, -0.25) is 10.1 Å². The van der Waals surface area contributed by atoms with Crippen LogP contribution in [0.3, 0.4) is 0 Å². The Balaban J connectivity index is 1.87. The lowest BCUT2D eigenvalue weighted by Crippen LogP contribution is -2.15. The molecule has 0 N–H and O–H groups in total. The number of non-ortho nitro benzene ring substituents is 1. The molecule has 3 atom stereocenters. The summed E-state index contributed by atoms with van der Waals surface area (Å²) in [6.07, 6.45) is 4.01. The van der Waals surface area contributed by atoms with E-state index in [-0.39, 0.29) is 22.7 Å². The molecule has 0 bridgehead atoms. The highest BCUT2D eigenvalue weighted by molar-refractivity contribution is 7.89. The molecule has 1 saturated heterocycles. The summed E-state index contributed by atoms with van der Waals surface area (Å²) in [5.74, 6) is 0. The SMILES string of the molecule is O=[N+]([O-])c1ccc(S(=O)(=O)N2[C@@H]3CCCC[C@@H]32)cc1. The number of nitro groups is 1. The van der Waals surface area contributed by atoms with Crippen LogP contribution in [0.5, 0.6) is 0 Å². The molecule has 1 aliphatic heterocycles. The molecule has 7 heteroatoms. The lowest BCUT2D eigenvalue weighted by Gasteiger charge is -2.05. The van der Waals surface area contributed by atoms with Crippen LogP contribution in [-0.2, 0) is 10.0 Å². The Kier molecular flexibility index (Phi) is 2.83. The molecule has 1 aliphatic carbocycles. The van der Waals surface area contributed by atoms with E-state index in [4.69, 9.17) is 0 Å². The highest BCUT2D eigenvalue weighted by atomic mass is 32.2. The zero-order valence-corrected chi connectivity index (χ0v) is 11.0. The van der Waals surface area contributed by atoms with E-state index >= 15 is 0 Å². The van der Waals surface area contributed by atoms with Crippen LogP contribution in [0.4, 0.5) is 5.69 Å². The maximum absolute atomic E-state index is 12.4. The zero-order chi connectivity index (χ0) is 13.6. The first-order valence-electron chi connectivity index (χ1n) is 6.30. The number of nitro benzene ring substituents is 1. The standard InChI is InChI=1S/C12H14N2O4S/c15-14(16)9-5-7-10(8-6-9)19(17,18)13-11-3-1-2-4-12(11)13/h5-8,11-12H,1-4H2/t11-,12+,13?. The maximum Gasteiger partial charge on any atom is 0.269 e. The van der Waals surface area contributed by atoms with Crippen LogP contribution in [0.15, 0.2) is 29.2 Å². The molecular formula is C12H14N2O4S. The van der Waals surface area contributed by atoms with Gasteiger partial charge in [0.2, 0.25) is 10.0 Å². The average molecular weight is 282 g/mol. The summed E-state index contributed by atoms with van der Waals surface area (Å²) < 4.78 is 26.4. The minimum absolute atomic E-state index is 0.0952. The van der Waals surface area contributed by atoms with Crippen molar-refractivity contribution < 1.29 is 13.3 Å². The van der Waals surface area contributed by atoms with Crippen molar-refractivity contribution in [3.8, 4) is 0 Å². The van der Waals surface area contributed by atoms with Gasteiger partial charge in [-0.25, -0.2) is 8.42 Å². The number of hydrogen-bond acceptors (Lipinski definition) is 4. The lowest BCUT2D eigenvalue weighted by atomic mass is 10.0. The van der Waals surface area contributed by atoms with Gasteiger partial charge < -0.3 is 0 Å². The van der Waals surface area contributed by atoms with Crippen molar-refractivity contribution in [1.29, 1.82) is 0 Å². The Morgan fingerprint density at radius 3 is 2.11 bits per heavy atom. The van der Waals surface area contributed by atoms with Crippen LogP contribution < -0.4 is 0 Å². The normalized spacial score (nSPS) is 29.6. The van der Waals surface area contributed by atoms with Crippen LogP contribution in [0.25, 0.3) is 0 Å². The quantitative estimate of drug-likeness (QED) is 0.482. The number of hydrogen-bond donors (Lipinski definition) is 0. The summed E-state index contributed by atoms with van der Waals surface area (Å²) in [6, 6.07) is 5.40. The van der Waals surface area contributed by atoms with Gasteiger partial charge >= 0.3 is 0 Å². The Morgan fingerprint density at radius 1 is 1.11 bits per heavy atom. The van der Waals surface area contributed by atoms with Crippen LogP contribution in [0, 0.1) is 10.1 Å². The molecule has 0 spiro atoms. The second-order valence-electron chi connectivity index (χ2n) is 5.01. The number of sulfonamides is 1. The Hall–Kier alpha value is -1.47. The van der Waals surface area contributed by atoms with Gasteiger partial charge in [0.25, 0.3) is 5.69 Å². The van der Waals surface area contributed by atoms with E-state index in [0.29, 0.717) is 0 Å². The van der Waals surface area contributed by atoms with Gasteiger partial charge in [0, 0.05) is 24.2 Å². The second kappa shape index (κ2) is 4.28. The summed E-state index contributed by atoms with van der Waals surface area (Å²) in [5.41, 5.74) is -0.0952. The van der Waals surface area contributed by atoms with Gasteiger partial charge in [-0.1, -0.05) is 12.8 Å². The zero-order valence-electron chi connectivity index (χ0n) is 10.2. The first-order chi connectivity index (χ1) is 9.01. The maximum atomic E-state index is 12.4. The highest BCUT2D eigenvalue weighted by Gasteiger charge is 2.55. The van der Waals surface area contributed by atoms with Crippen molar-refractivity contribution in [2.45, 2.75) is 42.7 Å². The summed E-state index contributed by atoms with van der Waals surface area (Å²) >= 11 is 0. The molecule has 1 aromatic carbocycles. The third-order valence-corrected chi connectivity index (χ3v) is 5.85. The van der Waals surface area contributed by atoms with Crippen molar-refractivity contribution in [3.63, 3.8) is 0 Å². The van der Waals surface area contributed by atoms with Crippen molar-refractivity contribution in [2.75, 3.05) is 0 Å². The van der Waals surface area contributed by atoms with E-state index in [0.717, 1.165) is 25.7 Å². The molecular weight excluding hydrogens is 268 g/mol. The minimum Gasteiger partial charge on any atom is -0.258 e. The van der Waals surface area contributed by atoms with E-state index in [1.54, 1.807) is 4.31 Å². The Bertz CT molecular complexity index is 599. The fraction of sp³-hybridized carbons (Fsp3) is 0.500. The van der Waals surface area contributed by atoms with Gasteiger partial charge in [0.1, 0.15) is 0 Å². The summed E-state index contributed by atoms with van der Waals surface area (Å²) in [5, 5.41) is 10.6. The molecule has 0 radical (unpaired) electrons. The molecule has 1 unspecified atom stereocenters. The lowest BCUT2D eigenvalue weighted by molar-refractivity contribution is -0.384. The molecule has 6 nitrogen and oxygen atoms in total. The molecule has 3 rings (SSSR count). The third-order valence-electron chi connectivity index (χ3n) is 3.88. The molecule has 19 heavy (non-hydrogen) atoms. The first-order valence-corrected chi connectivity index (χ1v) is 7.74. The van der Waals surface area contributed by atoms with Gasteiger partial charge in [0.15, 0.2) is 0 Å². The van der Waals surface area contributed by atoms with E-state index in [2.05, 4.69) is 0 Å². The topological polar surface area (TPSA) is 80.3 Å². The van der Waals surface area contributed by atoms with Gasteiger partial charge in [-0.2, -0.15) is 4.31 Å². The van der Waals surface area contributed by atoms with Crippen LogP contribution in [-0.4, -0.2) is 29.7 Å². The van der Waals surface area contributed by atoms with Crippen molar-refractivity contribution in [2.24, 2.45) is 0 Å². The molecule has 1 heterocycles. The third kappa shape index (κ3) is 2.02. The van der Waals surface area contributed by atoms with E-state index in [1.165, 1.54) is 24.3 Å². The number of nitrogens with zero attached hydrogens (tertiary/aromatic N) is 2. The number of rotatable bonds is 3. The molecule has 0 aromatic heterocycles. The second-order valence-corrected chi connectivity index (χ2v) is 6.85. The molecule has 2 aliphatic rings. The van der Waals surface area contributed by atoms with Gasteiger partial charge in [-0.05, 0) is 25.0 Å². The predicted molar refractivity (Wildman–Crippen MR) is 68.2 cm³/mol. The van der Waals surface area contributed by atoms with Crippen LogP contribution in [0.2, 0.25) is 0 Å². The summed E-state index contributed by atoms with van der Waals surface area (Å²) in [4.78, 5) is 10.2. The Labute approximate surface area is 111 Å². The van der Waals surface area contributed by atoms with Crippen molar-refractivity contribution in [3.05, 3.63) is 34.4 Å². The number of benzene rings is 1. The largest absolute Gasteiger partial charge is 0.269 e. The highest BCUT2D eigenvalue weighted by Crippen LogP contribution is 2.44. The molecule has 0 amide bonds. The summed E-state index contributed by atoms with van der Waals surface area (Å²) in [7, 11) is -3.48. The Morgan fingerprint density at radius 2 is 1.63 bits per heavy atom. The number of fused-ring (bicyclic) bond motifs is 1. The van der Waals surface area contributed by atoms with Gasteiger partial charge in [0.05, 0.1) is 9.82 Å².